The summed E-state index contributed by atoms with van der Waals surface area (Å²) >= 11 is 0. The van der Waals surface area contributed by atoms with E-state index in [0.717, 1.165) is 24.3 Å². The third-order valence-electron chi connectivity index (χ3n) is 2.12. The summed E-state index contributed by atoms with van der Waals surface area (Å²) in [5, 5.41) is 9.74. The lowest BCUT2D eigenvalue weighted by atomic mass is 10.2. The van der Waals surface area contributed by atoms with Crippen molar-refractivity contribution in [2.75, 3.05) is 11.9 Å². The summed E-state index contributed by atoms with van der Waals surface area (Å²) in [4.78, 5) is 21.1. The van der Waals surface area contributed by atoms with Gasteiger partial charge in [0.1, 0.15) is 5.75 Å². The number of amides is 1. The molecule has 21 heavy (non-hydrogen) atoms. The van der Waals surface area contributed by atoms with E-state index in [9.17, 15) is 31.5 Å². The largest absolute Gasteiger partial charge is 0.482 e. The Balaban J connectivity index is 2.72. The second kappa shape index (κ2) is 5.94. The number of aliphatic carboxylic acids is 1. The van der Waals surface area contributed by atoms with Crippen LogP contribution < -0.4 is 10.1 Å². The van der Waals surface area contributed by atoms with Gasteiger partial charge in [-0.15, -0.1) is 0 Å². The molecular weight excluding hydrogens is 305 g/mol. The number of carboxylic acid groups (broad SMARTS) is 1. The first kappa shape index (κ1) is 16.7. The molecule has 0 aliphatic heterocycles. The number of anilines is 1. The Morgan fingerprint density at radius 2 is 1.62 bits per heavy atom. The molecule has 0 bridgehead atoms. The van der Waals surface area contributed by atoms with Crippen LogP contribution in [0.25, 0.3) is 0 Å². The second-order valence-corrected chi connectivity index (χ2v) is 3.73. The molecule has 0 heterocycles. The summed E-state index contributed by atoms with van der Waals surface area (Å²) in [5.41, 5.74) is -0.327. The number of alkyl halides is 5. The van der Waals surface area contributed by atoms with Crippen molar-refractivity contribution in [2.45, 2.75) is 12.1 Å². The number of rotatable bonds is 5. The molecule has 2 N–H and O–H groups in total. The molecule has 0 atom stereocenters. The van der Waals surface area contributed by atoms with Crippen LogP contribution in [-0.4, -0.2) is 35.7 Å². The smallest absolute Gasteiger partial charge is 0.463 e. The minimum atomic E-state index is -6.00. The Hall–Kier alpha value is -2.39. The van der Waals surface area contributed by atoms with Gasteiger partial charge in [0.2, 0.25) is 0 Å². The highest BCUT2D eigenvalue weighted by Crippen LogP contribution is 2.36. The van der Waals surface area contributed by atoms with Gasteiger partial charge >= 0.3 is 24.0 Å². The molecule has 0 saturated carbocycles. The lowest BCUT2D eigenvalue weighted by Gasteiger charge is -2.18. The maximum Gasteiger partial charge on any atom is 0.463 e. The Morgan fingerprint density at radius 1 is 1.10 bits per heavy atom. The molecule has 0 spiro atoms. The highest BCUT2D eigenvalue weighted by Gasteiger charge is 2.63. The number of carboxylic acids is 1. The Morgan fingerprint density at radius 3 is 2.05 bits per heavy atom. The lowest BCUT2D eigenvalue weighted by molar-refractivity contribution is -0.267. The highest BCUT2D eigenvalue weighted by atomic mass is 19.4. The SMILES string of the molecule is O=C(O)COc1ccc(NC(=O)C(F)(F)C(F)(F)F)cc1. The molecule has 0 aliphatic rings. The number of halogens is 5. The van der Waals surface area contributed by atoms with E-state index >= 15 is 0 Å². The molecule has 0 saturated heterocycles. The fourth-order valence-corrected chi connectivity index (χ4v) is 1.12. The standard InChI is InChI=1S/C11H8F5NO4/c12-10(13,11(14,15)16)9(20)17-6-1-3-7(4-2-6)21-5-8(18)19/h1-4H,5H2,(H,17,20)(H,18,19). The molecule has 0 radical (unpaired) electrons. The predicted octanol–water partition coefficient (Wildman–Crippen LogP) is 2.29. The molecule has 10 heteroatoms. The van der Waals surface area contributed by atoms with Gasteiger partial charge in [0.25, 0.3) is 0 Å². The number of nitrogens with one attached hydrogen (secondary N) is 1. The lowest BCUT2D eigenvalue weighted by Crippen LogP contribution is -2.47. The first-order valence-corrected chi connectivity index (χ1v) is 5.24. The first-order chi connectivity index (χ1) is 9.54. The van der Waals surface area contributed by atoms with E-state index < -0.39 is 30.6 Å². The van der Waals surface area contributed by atoms with Crippen molar-refractivity contribution in [3.05, 3.63) is 24.3 Å². The molecule has 5 nitrogen and oxygen atoms in total. The van der Waals surface area contributed by atoms with E-state index in [-0.39, 0.29) is 11.4 Å². The number of carbonyl (C=O) groups excluding carboxylic acids is 1. The van der Waals surface area contributed by atoms with Gasteiger partial charge in [-0.25, -0.2) is 4.79 Å². The monoisotopic (exact) mass is 313 g/mol. The molecule has 0 fully saturated rings. The highest BCUT2D eigenvalue weighted by molar-refractivity contribution is 5.96. The van der Waals surface area contributed by atoms with Crippen LogP contribution in [0.1, 0.15) is 0 Å². The van der Waals surface area contributed by atoms with E-state index in [0.29, 0.717) is 0 Å². The maximum atomic E-state index is 12.7. The Bertz CT molecular complexity index is 526. The van der Waals surface area contributed by atoms with E-state index in [2.05, 4.69) is 0 Å². The van der Waals surface area contributed by atoms with Crippen LogP contribution in [0.2, 0.25) is 0 Å². The fraction of sp³-hybridized carbons (Fsp3) is 0.273. The van der Waals surface area contributed by atoms with Crippen molar-refractivity contribution >= 4 is 17.6 Å². The minimum Gasteiger partial charge on any atom is -0.482 e. The molecule has 1 amide bonds. The van der Waals surface area contributed by atoms with E-state index in [1.807, 2.05) is 0 Å². The van der Waals surface area contributed by atoms with Crippen LogP contribution in [-0.2, 0) is 9.59 Å². The van der Waals surface area contributed by atoms with Gasteiger partial charge in [-0.2, -0.15) is 22.0 Å². The zero-order chi connectivity index (χ0) is 16.3. The Kier molecular flexibility index (Phi) is 4.71. The van der Waals surface area contributed by atoms with Crippen LogP contribution in [0.15, 0.2) is 24.3 Å². The van der Waals surface area contributed by atoms with E-state index in [4.69, 9.17) is 9.84 Å². The van der Waals surface area contributed by atoms with Crippen molar-refractivity contribution in [2.24, 2.45) is 0 Å². The maximum absolute atomic E-state index is 12.7. The minimum absolute atomic E-state index is 0.0398. The molecule has 1 aromatic carbocycles. The second-order valence-electron chi connectivity index (χ2n) is 3.73. The van der Waals surface area contributed by atoms with Crippen LogP contribution in [0, 0.1) is 0 Å². The third-order valence-corrected chi connectivity index (χ3v) is 2.12. The number of carbonyl (C=O) groups is 2. The van der Waals surface area contributed by atoms with Crippen LogP contribution in [0.4, 0.5) is 27.6 Å². The van der Waals surface area contributed by atoms with Crippen molar-refractivity contribution < 1.29 is 41.4 Å². The van der Waals surface area contributed by atoms with Crippen molar-refractivity contribution in [3.63, 3.8) is 0 Å². The van der Waals surface area contributed by atoms with Gasteiger partial charge in [-0.3, -0.25) is 4.79 Å². The average Bonchev–Trinajstić information content (AvgIpc) is 2.36. The number of hydrogen-bond donors (Lipinski definition) is 2. The molecule has 0 aromatic heterocycles. The van der Waals surface area contributed by atoms with Crippen molar-refractivity contribution in [3.8, 4) is 5.75 Å². The average molecular weight is 313 g/mol. The zero-order valence-corrected chi connectivity index (χ0v) is 10.1. The molecule has 116 valence electrons. The zero-order valence-electron chi connectivity index (χ0n) is 10.1. The van der Waals surface area contributed by atoms with Gasteiger partial charge in [-0.1, -0.05) is 0 Å². The topological polar surface area (TPSA) is 75.6 Å². The summed E-state index contributed by atoms with van der Waals surface area (Å²) in [6, 6.07) is 4.18. The van der Waals surface area contributed by atoms with E-state index in [1.54, 1.807) is 0 Å². The van der Waals surface area contributed by atoms with Crippen molar-refractivity contribution in [1.82, 2.24) is 0 Å². The molecular formula is C11H8F5NO4. The fourth-order valence-electron chi connectivity index (χ4n) is 1.12. The van der Waals surface area contributed by atoms with Gasteiger partial charge < -0.3 is 15.2 Å². The summed E-state index contributed by atoms with van der Waals surface area (Å²) < 4.78 is 65.9. The van der Waals surface area contributed by atoms with Crippen LogP contribution in [0.3, 0.4) is 0 Å². The molecule has 0 unspecified atom stereocenters. The Labute approximate surface area is 114 Å². The van der Waals surface area contributed by atoms with Crippen LogP contribution >= 0.6 is 0 Å². The van der Waals surface area contributed by atoms with Gasteiger partial charge in [0.15, 0.2) is 6.61 Å². The van der Waals surface area contributed by atoms with Gasteiger partial charge in [0, 0.05) is 5.69 Å². The third kappa shape index (κ3) is 4.29. The van der Waals surface area contributed by atoms with Gasteiger partial charge in [-0.05, 0) is 24.3 Å². The summed E-state index contributed by atoms with van der Waals surface area (Å²) in [5.74, 6) is -9.25. The molecule has 1 rings (SSSR count). The number of benzene rings is 1. The predicted molar refractivity (Wildman–Crippen MR) is 59.2 cm³/mol. The molecule has 1 aromatic rings. The summed E-state index contributed by atoms with van der Waals surface area (Å²) in [6.45, 7) is -0.655. The first-order valence-electron chi connectivity index (χ1n) is 5.24. The van der Waals surface area contributed by atoms with Crippen molar-refractivity contribution in [1.29, 1.82) is 0 Å². The van der Waals surface area contributed by atoms with E-state index in [1.165, 1.54) is 5.32 Å². The number of ether oxygens (including phenoxy) is 1. The number of hydrogen-bond acceptors (Lipinski definition) is 3. The summed E-state index contributed by atoms with van der Waals surface area (Å²) in [7, 11) is 0. The normalized spacial score (nSPS) is 11.9. The van der Waals surface area contributed by atoms with Crippen LogP contribution in [0.5, 0.6) is 5.75 Å². The summed E-state index contributed by atoms with van der Waals surface area (Å²) in [6.07, 6.45) is -6.00. The van der Waals surface area contributed by atoms with Gasteiger partial charge in [0.05, 0.1) is 0 Å². The quantitative estimate of drug-likeness (QED) is 0.818. The molecule has 0 aliphatic carbocycles.